The van der Waals surface area contributed by atoms with Gasteiger partial charge in [-0.05, 0) is 61.4 Å². The summed E-state index contributed by atoms with van der Waals surface area (Å²) in [7, 11) is 3.00. The number of methoxy groups -OCH3 is 2. The van der Waals surface area contributed by atoms with Crippen molar-refractivity contribution in [3.8, 4) is 11.5 Å². The lowest BCUT2D eigenvalue weighted by molar-refractivity contribution is -0.452. The first kappa shape index (κ1) is 35.6. The molecule has 0 heterocycles. The Hall–Kier alpha value is -4.56. The fourth-order valence-electron chi connectivity index (χ4n) is 3.68. The third kappa shape index (κ3) is 15.6. The second-order valence-electron chi connectivity index (χ2n) is 9.23. The number of rotatable bonds is 21. The zero-order valence-corrected chi connectivity index (χ0v) is 24.8. The molecule has 44 heavy (non-hydrogen) atoms. The molecule has 2 aromatic carbocycles. The molecule has 2 rings (SSSR count). The number of carbonyl (C=O) groups is 4. The van der Waals surface area contributed by atoms with Crippen LogP contribution in [0.4, 0.5) is 9.59 Å². The highest BCUT2D eigenvalue weighted by Crippen LogP contribution is 2.14. The first-order valence-corrected chi connectivity index (χ1v) is 14.2. The molecule has 0 aliphatic carbocycles. The quantitative estimate of drug-likeness (QED) is 0.0632. The summed E-state index contributed by atoms with van der Waals surface area (Å²) < 4.78 is 19.7. The van der Waals surface area contributed by atoms with Gasteiger partial charge in [-0.1, -0.05) is 51.4 Å². The molecule has 0 atom stereocenters. The second kappa shape index (κ2) is 22.0. The zero-order valence-electron chi connectivity index (χ0n) is 24.8. The molecular weight excluding hydrogens is 584 g/mol. The Bertz CT molecular complexity index is 1030. The highest BCUT2D eigenvalue weighted by molar-refractivity contribution is 5.89. The van der Waals surface area contributed by atoms with Crippen molar-refractivity contribution in [3.05, 3.63) is 59.7 Å². The van der Waals surface area contributed by atoms with Gasteiger partial charge in [0.1, 0.15) is 11.5 Å². The van der Waals surface area contributed by atoms with Crippen LogP contribution in [0.25, 0.3) is 0 Å². The van der Waals surface area contributed by atoms with E-state index in [2.05, 4.69) is 29.6 Å². The number of hydrogen-bond donors (Lipinski definition) is 0. The van der Waals surface area contributed by atoms with Crippen molar-refractivity contribution >= 4 is 24.2 Å². The van der Waals surface area contributed by atoms with Crippen LogP contribution in [0.2, 0.25) is 0 Å². The van der Waals surface area contributed by atoms with E-state index >= 15 is 0 Å². The van der Waals surface area contributed by atoms with Crippen molar-refractivity contribution in [3.63, 3.8) is 0 Å². The van der Waals surface area contributed by atoms with E-state index in [-0.39, 0.29) is 24.3 Å². The number of carbonyl (C=O) groups excluding carboxylic acids is 4. The summed E-state index contributed by atoms with van der Waals surface area (Å²) in [5.74, 6) is -0.537. The normalized spacial score (nSPS) is 10.3. The van der Waals surface area contributed by atoms with Crippen molar-refractivity contribution in [1.29, 1.82) is 0 Å². The Morgan fingerprint density at radius 3 is 1.09 bits per heavy atom. The third-order valence-corrected chi connectivity index (χ3v) is 6.05. The van der Waals surface area contributed by atoms with E-state index in [1.165, 1.54) is 38.5 Å². The Balaban J connectivity index is 1.32. The molecule has 0 fully saturated rings. The Labute approximate surface area is 255 Å². The van der Waals surface area contributed by atoms with Crippen LogP contribution in [0.1, 0.15) is 84.9 Å². The van der Waals surface area contributed by atoms with Crippen LogP contribution in [0.15, 0.2) is 48.5 Å². The van der Waals surface area contributed by atoms with Crippen LogP contribution >= 0.6 is 0 Å². The average Bonchev–Trinajstić information content (AvgIpc) is 3.04. The predicted molar refractivity (Wildman–Crippen MR) is 150 cm³/mol. The van der Waals surface area contributed by atoms with E-state index < -0.39 is 24.2 Å². The van der Waals surface area contributed by atoms with E-state index in [4.69, 9.17) is 18.9 Å². The summed E-state index contributed by atoms with van der Waals surface area (Å²) in [5, 5.41) is 8.35. The molecule has 14 nitrogen and oxygen atoms in total. The molecule has 0 amide bonds. The Morgan fingerprint density at radius 2 is 0.773 bits per heavy atom. The van der Waals surface area contributed by atoms with Crippen molar-refractivity contribution in [2.45, 2.75) is 64.2 Å². The molecule has 242 valence electrons. The number of benzene rings is 2. The van der Waals surface area contributed by atoms with Gasteiger partial charge >= 0.3 is 24.2 Å². The number of hydrogen-bond acceptors (Lipinski definition) is 14. The maximum Gasteiger partial charge on any atom is 0.543 e. The summed E-state index contributed by atoms with van der Waals surface area (Å²) in [6.07, 6.45) is 7.21. The Kier molecular flexibility index (Phi) is 17.9. The van der Waals surface area contributed by atoms with Gasteiger partial charge in [0.05, 0.1) is 48.6 Å². The summed E-state index contributed by atoms with van der Waals surface area (Å²) >= 11 is 0. The average molecular weight is 623 g/mol. The van der Waals surface area contributed by atoms with Gasteiger partial charge in [0.25, 0.3) is 0 Å². The first-order chi connectivity index (χ1) is 21.4. The van der Waals surface area contributed by atoms with Crippen LogP contribution in [0, 0.1) is 0 Å². The maximum absolute atomic E-state index is 11.8. The molecule has 0 saturated heterocycles. The standard InChI is InChI=1S/C30H38O14/c1-35-25-17-13-23(14-18-25)27(31)39-43-41-29(33)37-21-11-9-7-5-3-4-6-8-10-12-22-38-30(34)42-44-40-28(32)24-15-19-26(36-2)20-16-24/h13-20H,3-12,21-22H2,1-2H3. The molecule has 0 radical (unpaired) electrons. The van der Waals surface area contributed by atoms with Crippen LogP contribution < -0.4 is 9.47 Å². The molecule has 2 aromatic rings. The van der Waals surface area contributed by atoms with Crippen molar-refractivity contribution in [2.24, 2.45) is 0 Å². The van der Waals surface area contributed by atoms with Gasteiger partial charge in [-0.2, -0.15) is 0 Å². The summed E-state index contributed by atoms with van der Waals surface area (Å²) in [4.78, 5) is 63.8. The van der Waals surface area contributed by atoms with Crippen LogP contribution in [0.5, 0.6) is 11.5 Å². The molecular formula is C30H38O14. The number of unbranched alkanes of at least 4 members (excludes halogenated alkanes) is 9. The maximum atomic E-state index is 11.8. The minimum absolute atomic E-state index is 0.158. The SMILES string of the molecule is COc1ccc(C(=O)OOOC(=O)OCCCCCCCCCCCCOC(=O)OOOC(=O)c2ccc(OC)cc2)cc1. The summed E-state index contributed by atoms with van der Waals surface area (Å²) in [5.41, 5.74) is 0.377. The molecule has 0 bridgehead atoms. The predicted octanol–water partition coefficient (Wildman–Crippen LogP) is 6.62. The highest BCUT2D eigenvalue weighted by Gasteiger charge is 2.13. The minimum atomic E-state index is -1.10. The molecule has 0 aliphatic rings. The fraction of sp³-hybridized carbons (Fsp3) is 0.467. The molecule has 0 aromatic heterocycles. The monoisotopic (exact) mass is 622 g/mol. The third-order valence-electron chi connectivity index (χ3n) is 6.05. The summed E-state index contributed by atoms with van der Waals surface area (Å²) in [6, 6.07) is 12.2. The van der Waals surface area contributed by atoms with Gasteiger partial charge in [0.15, 0.2) is 0 Å². The Morgan fingerprint density at radius 1 is 0.455 bits per heavy atom. The first-order valence-electron chi connectivity index (χ1n) is 14.2. The lowest BCUT2D eigenvalue weighted by Gasteiger charge is -2.05. The van der Waals surface area contributed by atoms with Gasteiger partial charge in [-0.15, -0.1) is 0 Å². The van der Waals surface area contributed by atoms with Gasteiger partial charge in [0, 0.05) is 0 Å². The molecule has 0 spiro atoms. The largest absolute Gasteiger partial charge is 0.543 e. The van der Waals surface area contributed by atoms with E-state index in [0.29, 0.717) is 24.3 Å². The summed E-state index contributed by atoms with van der Waals surface area (Å²) in [6.45, 7) is 0.316. The van der Waals surface area contributed by atoms with E-state index in [1.54, 1.807) is 24.3 Å². The topological polar surface area (TPSA) is 161 Å². The van der Waals surface area contributed by atoms with Crippen molar-refractivity contribution < 1.29 is 67.8 Å². The lowest BCUT2D eigenvalue weighted by atomic mass is 10.1. The lowest BCUT2D eigenvalue weighted by Crippen LogP contribution is -2.12. The van der Waals surface area contributed by atoms with E-state index in [1.807, 2.05) is 0 Å². The van der Waals surface area contributed by atoms with E-state index in [9.17, 15) is 19.2 Å². The molecule has 0 aliphatic heterocycles. The van der Waals surface area contributed by atoms with E-state index in [0.717, 1.165) is 51.4 Å². The molecule has 0 N–H and O–H groups in total. The number of ether oxygens (including phenoxy) is 4. The van der Waals surface area contributed by atoms with Gasteiger partial charge in [0.2, 0.25) is 0 Å². The highest BCUT2D eigenvalue weighted by atomic mass is 17.5. The van der Waals surface area contributed by atoms with Crippen molar-refractivity contribution in [2.75, 3.05) is 27.4 Å². The van der Waals surface area contributed by atoms with Gasteiger partial charge < -0.3 is 18.9 Å². The van der Waals surface area contributed by atoms with Crippen LogP contribution in [0.3, 0.4) is 0 Å². The van der Waals surface area contributed by atoms with Crippen LogP contribution in [-0.4, -0.2) is 51.7 Å². The molecule has 0 saturated carbocycles. The van der Waals surface area contributed by atoms with Gasteiger partial charge in [-0.25, -0.2) is 29.0 Å². The van der Waals surface area contributed by atoms with Gasteiger partial charge in [-0.3, -0.25) is 9.78 Å². The smallest absolute Gasteiger partial charge is 0.497 e. The fourth-order valence-corrected chi connectivity index (χ4v) is 3.68. The zero-order chi connectivity index (χ0) is 31.8. The minimum Gasteiger partial charge on any atom is -0.497 e. The molecule has 0 unspecified atom stereocenters. The van der Waals surface area contributed by atoms with Crippen LogP contribution in [-0.2, 0) is 39.1 Å². The second-order valence-corrected chi connectivity index (χ2v) is 9.23. The van der Waals surface area contributed by atoms with Crippen molar-refractivity contribution in [1.82, 2.24) is 0 Å². The molecule has 14 heteroatoms.